The van der Waals surface area contributed by atoms with Crippen molar-refractivity contribution in [2.24, 2.45) is 0 Å². The minimum absolute atomic E-state index is 0.171. The maximum absolute atomic E-state index is 12.2. The monoisotopic (exact) mass is 255 g/mol. The number of benzene rings is 1. The van der Waals surface area contributed by atoms with E-state index in [1.165, 1.54) is 0 Å². The van der Waals surface area contributed by atoms with Gasteiger partial charge in [0.05, 0.1) is 23.6 Å². The highest BCUT2D eigenvalue weighted by atomic mass is 16.1. The van der Waals surface area contributed by atoms with Crippen molar-refractivity contribution in [3.05, 3.63) is 41.9 Å². The first kappa shape index (κ1) is 11.5. The number of imidazole rings is 1. The van der Waals surface area contributed by atoms with Crippen LogP contribution in [0, 0.1) is 0 Å². The molecule has 3 rings (SSSR count). The summed E-state index contributed by atoms with van der Waals surface area (Å²) in [6, 6.07) is 5.34. The molecule has 0 radical (unpaired) electrons. The van der Waals surface area contributed by atoms with Crippen molar-refractivity contribution in [1.82, 2.24) is 20.2 Å². The third-order valence-corrected chi connectivity index (χ3v) is 3.02. The van der Waals surface area contributed by atoms with Crippen molar-refractivity contribution in [2.75, 3.05) is 5.32 Å². The number of amides is 1. The third-order valence-electron chi connectivity index (χ3n) is 3.02. The maximum atomic E-state index is 12.2. The van der Waals surface area contributed by atoms with Crippen LogP contribution < -0.4 is 5.32 Å². The smallest absolute Gasteiger partial charge is 0.256 e. The third kappa shape index (κ3) is 2.08. The van der Waals surface area contributed by atoms with Gasteiger partial charge in [-0.3, -0.25) is 9.89 Å². The number of fused-ring (bicyclic) bond motifs is 1. The normalized spacial score (nSPS) is 10.8. The molecule has 0 unspecified atom stereocenters. The van der Waals surface area contributed by atoms with Crippen LogP contribution in [0.15, 0.2) is 30.7 Å². The largest absolute Gasteiger partial charge is 0.345 e. The number of hydrogen-bond acceptors (Lipinski definition) is 3. The maximum Gasteiger partial charge on any atom is 0.256 e. The van der Waals surface area contributed by atoms with Gasteiger partial charge in [0.2, 0.25) is 0 Å². The lowest BCUT2D eigenvalue weighted by molar-refractivity contribution is 0.102. The van der Waals surface area contributed by atoms with Crippen LogP contribution in [-0.4, -0.2) is 26.1 Å². The van der Waals surface area contributed by atoms with Crippen LogP contribution in [0.5, 0.6) is 0 Å². The van der Waals surface area contributed by atoms with Gasteiger partial charge in [0.1, 0.15) is 5.82 Å². The van der Waals surface area contributed by atoms with Crippen molar-refractivity contribution in [1.29, 1.82) is 0 Å². The van der Waals surface area contributed by atoms with Gasteiger partial charge >= 0.3 is 0 Å². The second-order valence-electron chi connectivity index (χ2n) is 4.21. The molecule has 0 spiro atoms. The van der Waals surface area contributed by atoms with Gasteiger partial charge in [0.15, 0.2) is 0 Å². The molecular formula is C13H13N5O. The summed E-state index contributed by atoms with van der Waals surface area (Å²) in [6.07, 6.45) is 4.13. The molecule has 0 aliphatic carbocycles. The molecule has 96 valence electrons. The lowest BCUT2D eigenvalue weighted by atomic mass is 10.2. The number of H-pyrrole nitrogens is 2. The van der Waals surface area contributed by atoms with Crippen LogP contribution >= 0.6 is 0 Å². The summed E-state index contributed by atoms with van der Waals surface area (Å²) in [5.74, 6) is 0.479. The van der Waals surface area contributed by atoms with Crippen LogP contribution in [0.2, 0.25) is 0 Å². The van der Waals surface area contributed by atoms with E-state index in [1.54, 1.807) is 24.7 Å². The van der Waals surface area contributed by atoms with Gasteiger partial charge in [-0.1, -0.05) is 6.92 Å². The molecule has 3 aromatic rings. The molecule has 1 amide bonds. The Labute approximate surface area is 109 Å². The molecule has 2 heterocycles. The Morgan fingerprint density at radius 1 is 1.42 bits per heavy atom. The molecule has 0 fully saturated rings. The SMILES string of the molecule is CCc1cn[nH]c1NC(=O)c1ccc2nc[nH]c2c1. The van der Waals surface area contributed by atoms with E-state index >= 15 is 0 Å². The van der Waals surface area contributed by atoms with E-state index in [1.807, 2.05) is 13.0 Å². The number of carbonyl (C=O) groups excluding carboxylic acids is 1. The molecule has 19 heavy (non-hydrogen) atoms. The van der Waals surface area contributed by atoms with E-state index < -0.39 is 0 Å². The summed E-state index contributed by atoms with van der Waals surface area (Å²) in [5, 5.41) is 9.54. The number of anilines is 1. The predicted molar refractivity (Wildman–Crippen MR) is 72.0 cm³/mol. The van der Waals surface area contributed by atoms with Gasteiger partial charge < -0.3 is 10.3 Å². The number of hydrogen-bond donors (Lipinski definition) is 3. The first-order chi connectivity index (χ1) is 9.28. The van der Waals surface area contributed by atoms with E-state index in [0.717, 1.165) is 23.0 Å². The van der Waals surface area contributed by atoms with Crippen molar-refractivity contribution in [3.63, 3.8) is 0 Å². The Balaban J connectivity index is 1.87. The zero-order valence-electron chi connectivity index (χ0n) is 10.4. The van der Waals surface area contributed by atoms with Crippen LogP contribution in [0.3, 0.4) is 0 Å². The second kappa shape index (κ2) is 4.56. The fraction of sp³-hybridized carbons (Fsp3) is 0.154. The summed E-state index contributed by atoms with van der Waals surface area (Å²) in [7, 11) is 0. The van der Waals surface area contributed by atoms with E-state index in [2.05, 4.69) is 25.5 Å². The average Bonchev–Trinajstić information content (AvgIpc) is 3.05. The highest BCUT2D eigenvalue weighted by Crippen LogP contribution is 2.15. The highest BCUT2D eigenvalue weighted by Gasteiger charge is 2.11. The Hall–Kier alpha value is -2.63. The molecule has 6 heteroatoms. The lowest BCUT2D eigenvalue weighted by Gasteiger charge is -2.04. The summed E-state index contributed by atoms with van der Waals surface area (Å²) >= 11 is 0. The molecule has 1 aromatic carbocycles. The highest BCUT2D eigenvalue weighted by molar-refractivity contribution is 6.05. The quantitative estimate of drug-likeness (QED) is 0.669. The summed E-state index contributed by atoms with van der Waals surface area (Å²) in [6.45, 7) is 2.01. The molecule has 6 nitrogen and oxygen atoms in total. The van der Waals surface area contributed by atoms with Gasteiger partial charge in [-0.15, -0.1) is 0 Å². The summed E-state index contributed by atoms with van der Waals surface area (Å²) in [5.41, 5.74) is 3.24. The number of aryl methyl sites for hydroxylation is 1. The van der Waals surface area contributed by atoms with Gasteiger partial charge in [-0.05, 0) is 24.6 Å². The Kier molecular flexibility index (Phi) is 2.75. The number of aromatic amines is 2. The predicted octanol–water partition coefficient (Wildman–Crippen LogP) is 2.10. The van der Waals surface area contributed by atoms with Crippen LogP contribution in [-0.2, 0) is 6.42 Å². The fourth-order valence-corrected chi connectivity index (χ4v) is 1.95. The molecule has 0 atom stereocenters. The summed E-state index contributed by atoms with van der Waals surface area (Å²) < 4.78 is 0. The number of aromatic nitrogens is 4. The van der Waals surface area contributed by atoms with Gasteiger partial charge in [-0.25, -0.2) is 4.98 Å². The van der Waals surface area contributed by atoms with Crippen molar-refractivity contribution in [3.8, 4) is 0 Å². The number of rotatable bonds is 3. The molecule has 3 N–H and O–H groups in total. The Morgan fingerprint density at radius 2 is 2.32 bits per heavy atom. The van der Waals surface area contributed by atoms with Crippen LogP contribution in [0.1, 0.15) is 22.8 Å². The van der Waals surface area contributed by atoms with Crippen LogP contribution in [0.25, 0.3) is 11.0 Å². The Morgan fingerprint density at radius 3 is 3.16 bits per heavy atom. The number of nitrogens with one attached hydrogen (secondary N) is 3. The Bertz CT molecular complexity index is 727. The van der Waals surface area contributed by atoms with E-state index in [0.29, 0.717) is 11.4 Å². The fourth-order valence-electron chi connectivity index (χ4n) is 1.95. The summed E-state index contributed by atoms with van der Waals surface area (Å²) in [4.78, 5) is 19.3. The van der Waals surface area contributed by atoms with Crippen molar-refractivity contribution >= 4 is 22.8 Å². The molecular weight excluding hydrogens is 242 g/mol. The van der Waals surface area contributed by atoms with Gasteiger partial charge in [0, 0.05) is 11.1 Å². The zero-order valence-corrected chi connectivity index (χ0v) is 10.4. The minimum atomic E-state index is -0.171. The first-order valence-corrected chi connectivity index (χ1v) is 6.04. The molecule has 0 bridgehead atoms. The van der Waals surface area contributed by atoms with E-state index in [9.17, 15) is 4.79 Å². The number of carbonyl (C=O) groups is 1. The van der Waals surface area contributed by atoms with Crippen molar-refractivity contribution < 1.29 is 4.79 Å². The molecule has 0 saturated carbocycles. The number of nitrogens with zero attached hydrogens (tertiary/aromatic N) is 2. The van der Waals surface area contributed by atoms with Crippen LogP contribution in [0.4, 0.5) is 5.82 Å². The lowest BCUT2D eigenvalue weighted by Crippen LogP contribution is -2.13. The molecule has 0 aliphatic heterocycles. The zero-order chi connectivity index (χ0) is 13.2. The molecule has 2 aromatic heterocycles. The minimum Gasteiger partial charge on any atom is -0.345 e. The molecule has 0 saturated heterocycles. The van der Waals surface area contributed by atoms with E-state index in [-0.39, 0.29) is 5.91 Å². The van der Waals surface area contributed by atoms with Crippen molar-refractivity contribution in [2.45, 2.75) is 13.3 Å². The van der Waals surface area contributed by atoms with Gasteiger partial charge in [-0.2, -0.15) is 5.10 Å². The topological polar surface area (TPSA) is 86.5 Å². The standard InChI is InChI=1S/C13H13N5O/c1-2-8-6-16-18-12(8)17-13(19)9-3-4-10-11(5-9)15-7-14-10/h3-7H,2H2,1H3,(H,14,15)(H2,16,17,18,19). The molecule has 0 aliphatic rings. The first-order valence-electron chi connectivity index (χ1n) is 6.04. The second-order valence-corrected chi connectivity index (χ2v) is 4.21. The van der Waals surface area contributed by atoms with Gasteiger partial charge in [0.25, 0.3) is 5.91 Å². The average molecular weight is 255 g/mol. The van der Waals surface area contributed by atoms with E-state index in [4.69, 9.17) is 0 Å².